The van der Waals surface area contributed by atoms with Gasteiger partial charge in [0.05, 0.1) is 13.2 Å². The van der Waals surface area contributed by atoms with Crippen LogP contribution in [0.1, 0.15) is 34.1 Å². The Labute approximate surface area is 94.0 Å². The average Bonchev–Trinajstić information content (AvgIpc) is 2.46. The third-order valence-corrected chi connectivity index (χ3v) is 3.43. The Hall–Kier alpha value is -0.120. The van der Waals surface area contributed by atoms with Crippen LogP contribution in [-0.4, -0.2) is 43.3 Å². The lowest BCUT2D eigenvalue weighted by Crippen LogP contribution is -2.48. The predicted octanol–water partition coefficient (Wildman–Crippen LogP) is 1.47. The van der Waals surface area contributed by atoms with Gasteiger partial charge >= 0.3 is 0 Å². The number of nitrogens with two attached hydrogens (primary N) is 1. The number of nitrogens with zero attached hydrogens (tertiary/aromatic N) is 1. The zero-order chi connectivity index (χ0) is 11.5. The molecule has 1 heterocycles. The van der Waals surface area contributed by atoms with Gasteiger partial charge < -0.3 is 15.4 Å². The molecule has 0 saturated carbocycles. The number of ether oxygens (including phenoxy) is 1. The highest BCUT2D eigenvalue weighted by molar-refractivity contribution is 4.92. The van der Waals surface area contributed by atoms with Crippen molar-refractivity contribution in [1.82, 2.24) is 4.90 Å². The normalized spacial score (nSPS) is 31.8. The summed E-state index contributed by atoms with van der Waals surface area (Å²) in [5, 5.41) is 0. The predicted molar refractivity (Wildman–Crippen MR) is 63.9 cm³/mol. The molecule has 0 aromatic carbocycles. The molecular weight excluding hydrogens is 188 g/mol. The lowest BCUT2D eigenvalue weighted by molar-refractivity contribution is 0.102. The van der Waals surface area contributed by atoms with Crippen molar-refractivity contribution < 1.29 is 4.74 Å². The van der Waals surface area contributed by atoms with Crippen LogP contribution in [0.5, 0.6) is 0 Å². The third-order valence-electron chi connectivity index (χ3n) is 3.43. The molecule has 1 aliphatic rings. The van der Waals surface area contributed by atoms with E-state index < -0.39 is 0 Å². The van der Waals surface area contributed by atoms with E-state index in [1.807, 2.05) is 0 Å². The topological polar surface area (TPSA) is 38.5 Å². The summed E-state index contributed by atoms with van der Waals surface area (Å²) in [7, 11) is 0. The molecule has 3 nitrogen and oxygen atoms in total. The van der Waals surface area contributed by atoms with Crippen molar-refractivity contribution in [1.29, 1.82) is 0 Å². The van der Waals surface area contributed by atoms with E-state index in [1.165, 1.54) is 6.42 Å². The Morgan fingerprint density at radius 1 is 1.53 bits per heavy atom. The minimum absolute atomic E-state index is 0.138. The molecule has 0 aromatic heterocycles. The highest BCUT2D eigenvalue weighted by Gasteiger charge is 2.39. The van der Waals surface area contributed by atoms with Crippen molar-refractivity contribution in [2.24, 2.45) is 11.1 Å². The fraction of sp³-hybridized carbons (Fsp3) is 1.00. The fourth-order valence-electron chi connectivity index (χ4n) is 2.16. The molecule has 0 radical (unpaired) electrons. The van der Waals surface area contributed by atoms with Crippen molar-refractivity contribution in [2.75, 3.05) is 26.3 Å². The zero-order valence-electron chi connectivity index (χ0n) is 10.6. The van der Waals surface area contributed by atoms with Crippen LogP contribution in [0.4, 0.5) is 0 Å². The van der Waals surface area contributed by atoms with Crippen LogP contribution in [0, 0.1) is 5.41 Å². The molecule has 1 rings (SSSR count). The molecule has 2 N–H and O–H groups in total. The minimum Gasteiger partial charge on any atom is -0.379 e. The van der Waals surface area contributed by atoms with Crippen LogP contribution in [-0.2, 0) is 4.74 Å². The first-order valence-electron chi connectivity index (χ1n) is 6.07. The number of hydrogen-bond acceptors (Lipinski definition) is 3. The number of hydrogen-bond donors (Lipinski definition) is 1. The first-order valence-corrected chi connectivity index (χ1v) is 6.07. The summed E-state index contributed by atoms with van der Waals surface area (Å²) in [6, 6.07) is 0.783. The van der Waals surface area contributed by atoms with E-state index in [1.54, 1.807) is 0 Å². The van der Waals surface area contributed by atoms with Crippen LogP contribution < -0.4 is 5.73 Å². The van der Waals surface area contributed by atoms with Crippen molar-refractivity contribution in [3.05, 3.63) is 0 Å². The molecule has 1 aliphatic heterocycles. The highest BCUT2D eigenvalue weighted by atomic mass is 16.5. The van der Waals surface area contributed by atoms with Crippen LogP contribution >= 0.6 is 0 Å². The van der Waals surface area contributed by atoms with Gasteiger partial charge in [-0.15, -0.1) is 0 Å². The Morgan fingerprint density at radius 3 is 2.60 bits per heavy atom. The van der Waals surface area contributed by atoms with Gasteiger partial charge in [-0.25, -0.2) is 0 Å². The van der Waals surface area contributed by atoms with Gasteiger partial charge in [-0.3, -0.25) is 0 Å². The SMILES string of the molecule is CCCN(CC1(C)COCC1N)C(C)C. The Bertz CT molecular complexity index is 196. The molecule has 2 atom stereocenters. The fourth-order valence-corrected chi connectivity index (χ4v) is 2.16. The summed E-state index contributed by atoms with van der Waals surface area (Å²) in [5.41, 5.74) is 6.24. The third kappa shape index (κ3) is 3.16. The van der Waals surface area contributed by atoms with E-state index in [9.17, 15) is 0 Å². The monoisotopic (exact) mass is 214 g/mol. The molecule has 0 bridgehead atoms. The average molecular weight is 214 g/mol. The van der Waals surface area contributed by atoms with Crippen LogP contribution in [0.2, 0.25) is 0 Å². The van der Waals surface area contributed by atoms with Crippen LogP contribution in [0.25, 0.3) is 0 Å². The van der Waals surface area contributed by atoms with Gasteiger partial charge in [0.15, 0.2) is 0 Å². The zero-order valence-corrected chi connectivity index (χ0v) is 10.6. The summed E-state index contributed by atoms with van der Waals surface area (Å²) in [6.07, 6.45) is 1.20. The second-order valence-electron chi connectivity index (χ2n) is 5.34. The van der Waals surface area contributed by atoms with Crippen molar-refractivity contribution in [2.45, 2.75) is 46.2 Å². The molecule has 0 aliphatic carbocycles. The van der Waals surface area contributed by atoms with Gasteiger partial charge in [-0.05, 0) is 26.8 Å². The first-order chi connectivity index (χ1) is 6.99. The van der Waals surface area contributed by atoms with Gasteiger partial charge in [-0.1, -0.05) is 13.8 Å². The van der Waals surface area contributed by atoms with Crippen molar-refractivity contribution in [3.63, 3.8) is 0 Å². The van der Waals surface area contributed by atoms with E-state index in [2.05, 4.69) is 32.6 Å². The largest absolute Gasteiger partial charge is 0.379 e. The second-order valence-corrected chi connectivity index (χ2v) is 5.34. The van der Waals surface area contributed by atoms with Gasteiger partial charge in [-0.2, -0.15) is 0 Å². The summed E-state index contributed by atoms with van der Waals surface area (Å²) in [5.74, 6) is 0. The van der Waals surface area contributed by atoms with Gasteiger partial charge in [0.1, 0.15) is 0 Å². The molecule has 3 heteroatoms. The lowest BCUT2D eigenvalue weighted by Gasteiger charge is -2.36. The van der Waals surface area contributed by atoms with E-state index in [4.69, 9.17) is 10.5 Å². The first kappa shape index (κ1) is 12.9. The van der Waals surface area contributed by atoms with Crippen LogP contribution in [0.15, 0.2) is 0 Å². The van der Waals surface area contributed by atoms with E-state index in [0.29, 0.717) is 12.6 Å². The molecule has 0 amide bonds. The molecule has 1 fully saturated rings. The van der Waals surface area contributed by atoms with Gasteiger partial charge in [0.2, 0.25) is 0 Å². The second kappa shape index (κ2) is 5.28. The summed E-state index contributed by atoms with van der Waals surface area (Å²) >= 11 is 0. The van der Waals surface area contributed by atoms with Crippen molar-refractivity contribution in [3.8, 4) is 0 Å². The van der Waals surface area contributed by atoms with E-state index in [-0.39, 0.29) is 11.5 Å². The van der Waals surface area contributed by atoms with E-state index in [0.717, 1.165) is 19.7 Å². The molecule has 1 saturated heterocycles. The number of rotatable bonds is 5. The minimum atomic E-state index is 0.138. The Kier molecular flexibility index (Phi) is 4.56. The Balaban J connectivity index is 2.56. The quantitative estimate of drug-likeness (QED) is 0.753. The maximum Gasteiger partial charge on any atom is 0.0624 e. The highest BCUT2D eigenvalue weighted by Crippen LogP contribution is 2.28. The molecule has 0 spiro atoms. The molecule has 2 unspecified atom stereocenters. The van der Waals surface area contributed by atoms with Gasteiger partial charge in [0, 0.05) is 24.0 Å². The Morgan fingerprint density at radius 2 is 2.20 bits per heavy atom. The summed E-state index contributed by atoms with van der Waals surface area (Å²) in [6.45, 7) is 12.7. The smallest absolute Gasteiger partial charge is 0.0624 e. The molecule has 90 valence electrons. The van der Waals surface area contributed by atoms with Gasteiger partial charge in [0.25, 0.3) is 0 Å². The lowest BCUT2D eigenvalue weighted by atomic mass is 9.85. The molecule has 15 heavy (non-hydrogen) atoms. The van der Waals surface area contributed by atoms with E-state index >= 15 is 0 Å². The molecule has 0 aromatic rings. The van der Waals surface area contributed by atoms with Crippen molar-refractivity contribution >= 4 is 0 Å². The maximum absolute atomic E-state index is 6.11. The molecular formula is C12H26N2O. The summed E-state index contributed by atoms with van der Waals surface area (Å²) < 4.78 is 5.48. The maximum atomic E-state index is 6.11. The van der Waals surface area contributed by atoms with Crippen LogP contribution in [0.3, 0.4) is 0 Å². The standard InChI is InChI=1S/C12H26N2O/c1-5-6-14(10(2)3)8-12(4)9-15-7-11(12)13/h10-11H,5-9,13H2,1-4H3. The summed E-state index contributed by atoms with van der Waals surface area (Å²) in [4.78, 5) is 2.51.